The molecule has 0 aromatic carbocycles. The predicted octanol–water partition coefficient (Wildman–Crippen LogP) is 2.94. The van der Waals surface area contributed by atoms with E-state index in [1.165, 1.54) is 4.68 Å². The fraction of sp³-hybridized carbons (Fsp3) is 0.714. The number of nitrogens with zero attached hydrogens (tertiary/aromatic N) is 2. The first-order valence-corrected chi connectivity index (χ1v) is 7.25. The Morgan fingerprint density at radius 2 is 2.19 bits per heavy atom. The average Bonchev–Trinajstić information content (AvgIpc) is 3.16. The third kappa shape index (κ3) is 3.98. The average molecular weight is 303 g/mol. The van der Waals surface area contributed by atoms with E-state index >= 15 is 0 Å². The number of hydrogen-bond donors (Lipinski definition) is 1. The molecule has 21 heavy (non-hydrogen) atoms. The summed E-state index contributed by atoms with van der Waals surface area (Å²) in [6.07, 6.45) is -1.84. The zero-order chi connectivity index (χ0) is 15.6. The molecule has 0 saturated heterocycles. The number of carbonyl (C=O) groups is 1. The zero-order valence-electron chi connectivity index (χ0n) is 12.2. The third-order valence-corrected chi connectivity index (χ3v) is 3.54. The van der Waals surface area contributed by atoms with Crippen LogP contribution in [0, 0.1) is 5.92 Å². The molecule has 1 atom stereocenters. The molecule has 0 bridgehead atoms. The third-order valence-electron chi connectivity index (χ3n) is 3.54. The number of halogens is 3. The molecule has 0 aliphatic heterocycles. The van der Waals surface area contributed by atoms with Crippen molar-refractivity contribution in [3.8, 4) is 0 Å². The van der Waals surface area contributed by atoms with Gasteiger partial charge >= 0.3 is 6.18 Å². The number of hydrogen-bond acceptors (Lipinski definition) is 2. The standard InChI is InChI=1S/C14H20F3N3O/c1-3-6-18-13(21)9(2)8-20-11(10-4-5-10)7-12(19-20)14(15,16)17/h7,9-10H,3-6,8H2,1-2H3,(H,18,21). The molecule has 2 rings (SSSR count). The van der Waals surface area contributed by atoms with Crippen LogP contribution in [0.25, 0.3) is 0 Å². The maximum atomic E-state index is 12.8. The van der Waals surface area contributed by atoms with E-state index in [0.717, 1.165) is 25.3 Å². The molecule has 1 unspecified atom stereocenters. The highest BCUT2D eigenvalue weighted by Crippen LogP contribution is 2.42. The number of carbonyl (C=O) groups excluding carboxylic acids is 1. The quantitative estimate of drug-likeness (QED) is 0.878. The van der Waals surface area contributed by atoms with Gasteiger partial charge in [-0.2, -0.15) is 18.3 Å². The van der Waals surface area contributed by atoms with Crippen LogP contribution in [0.2, 0.25) is 0 Å². The Hall–Kier alpha value is -1.53. The van der Waals surface area contributed by atoms with Gasteiger partial charge in [-0.25, -0.2) is 0 Å². The molecule has 4 nitrogen and oxygen atoms in total. The van der Waals surface area contributed by atoms with Gasteiger partial charge in [0.1, 0.15) is 0 Å². The molecule has 0 spiro atoms. The first kappa shape index (κ1) is 15.9. The van der Waals surface area contributed by atoms with Crippen molar-refractivity contribution in [3.05, 3.63) is 17.5 Å². The van der Waals surface area contributed by atoms with Crippen molar-refractivity contribution in [2.45, 2.75) is 51.7 Å². The normalized spacial score (nSPS) is 16.8. The Balaban J connectivity index is 2.11. The van der Waals surface area contributed by atoms with Gasteiger partial charge in [0.2, 0.25) is 5.91 Å². The number of aromatic nitrogens is 2. The van der Waals surface area contributed by atoms with E-state index in [1.54, 1.807) is 6.92 Å². The summed E-state index contributed by atoms with van der Waals surface area (Å²) in [5.74, 6) is -0.405. The lowest BCUT2D eigenvalue weighted by atomic mass is 10.1. The molecular formula is C14H20F3N3O. The van der Waals surface area contributed by atoms with E-state index < -0.39 is 17.8 Å². The summed E-state index contributed by atoms with van der Waals surface area (Å²) in [5.41, 5.74) is -0.275. The minimum absolute atomic E-state index is 0.150. The summed E-state index contributed by atoms with van der Waals surface area (Å²) < 4.78 is 39.7. The highest BCUT2D eigenvalue weighted by Gasteiger charge is 2.38. The van der Waals surface area contributed by atoms with Crippen LogP contribution in [0.4, 0.5) is 13.2 Å². The van der Waals surface area contributed by atoms with Crippen LogP contribution in [-0.2, 0) is 17.5 Å². The Labute approximate surface area is 121 Å². The SMILES string of the molecule is CCCNC(=O)C(C)Cn1nc(C(F)(F)F)cc1C1CC1. The van der Waals surface area contributed by atoms with Gasteiger partial charge < -0.3 is 5.32 Å². The summed E-state index contributed by atoms with van der Waals surface area (Å²) in [7, 11) is 0. The Kier molecular flexibility index (Phi) is 4.58. The second-order valence-corrected chi connectivity index (χ2v) is 5.60. The first-order chi connectivity index (χ1) is 9.82. The largest absolute Gasteiger partial charge is 0.435 e. The second kappa shape index (κ2) is 6.07. The van der Waals surface area contributed by atoms with Crippen LogP contribution in [0.1, 0.15) is 50.4 Å². The summed E-state index contributed by atoms with van der Waals surface area (Å²) >= 11 is 0. The molecule has 1 saturated carbocycles. The molecule has 1 heterocycles. The van der Waals surface area contributed by atoms with E-state index in [1.807, 2.05) is 6.92 Å². The molecule has 1 N–H and O–H groups in total. The molecule has 1 aliphatic carbocycles. The van der Waals surface area contributed by atoms with Gasteiger partial charge in [-0.15, -0.1) is 0 Å². The Morgan fingerprint density at radius 3 is 2.71 bits per heavy atom. The van der Waals surface area contributed by atoms with Gasteiger partial charge in [-0.1, -0.05) is 13.8 Å². The van der Waals surface area contributed by atoms with Crippen LogP contribution < -0.4 is 5.32 Å². The first-order valence-electron chi connectivity index (χ1n) is 7.25. The highest BCUT2D eigenvalue weighted by atomic mass is 19.4. The lowest BCUT2D eigenvalue weighted by Gasteiger charge is -2.14. The Morgan fingerprint density at radius 1 is 1.52 bits per heavy atom. The summed E-state index contributed by atoms with van der Waals surface area (Å²) in [6, 6.07) is 1.12. The van der Waals surface area contributed by atoms with Crippen molar-refractivity contribution in [1.82, 2.24) is 15.1 Å². The topological polar surface area (TPSA) is 46.9 Å². The van der Waals surface area contributed by atoms with Crippen LogP contribution in [0.5, 0.6) is 0 Å². The molecule has 1 aromatic rings. The fourth-order valence-corrected chi connectivity index (χ4v) is 2.19. The maximum Gasteiger partial charge on any atom is 0.435 e. The van der Waals surface area contributed by atoms with Crippen LogP contribution in [0.3, 0.4) is 0 Å². The summed E-state index contributed by atoms with van der Waals surface area (Å²) in [4.78, 5) is 11.8. The number of alkyl halides is 3. The molecule has 1 fully saturated rings. The van der Waals surface area contributed by atoms with Gasteiger partial charge in [0, 0.05) is 18.2 Å². The Bertz CT molecular complexity index is 506. The maximum absolute atomic E-state index is 12.8. The van der Waals surface area contributed by atoms with Gasteiger partial charge in [0.25, 0.3) is 0 Å². The predicted molar refractivity (Wildman–Crippen MR) is 71.7 cm³/mol. The molecule has 1 aromatic heterocycles. The summed E-state index contributed by atoms with van der Waals surface area (Å²) in [5, 5.41) is 6.41. The highest BCUT2D eigenvalue weighted by molar-refractivity contribution is 5.78. The van der Waals surface area contributed by atoms with Crippen molar-refractivity contribution in [1.29, 1.82) is 0 Å². The molecule has 0 radical (unpaired) electrons. The van der Waals surface area contributed by atoms with Gasteiger partial charge in [-0.3, -0.25) is 9.48 Å². The second-order valence-electron chi connectivity index (χ2n) is 5.60. The van der Waals surface area contributed by atoms with Gasteiger partial charge in [-0.05, 0) is 25.3 Å². The van der Waals surface area contributed by atoms with Crippen molar-refractivity contribution >= 4 is 5.91 Å². The van der Waals surface area contributed by atoms with Crippen LogP contribution in [0.15, 0.2) is 6.07 Å². The zero-order valence-corrected chi connectivity index (χ0v) is 12.2. The monoisotopic (exact) mass is 303 g/mol. The van der Waals surface area contributed by atoms with E-state index in [2.05, 4.69) is 10.4 Å². The smallest absolute Gasteiger partial charge is 0.356 e. The summed E-state index contributed by atoms with van der Waals surface area (Å²) in [6.45, 7) is 4.40. The lowest BCUT2D eigenvalue weighted by Crippen LogP contribution is -2.32. The van der Waals surface area contributed by atoms with Crippen molar-refractivity contribution in [2.24, 2.45) is 5.92 Å². The minimum Gasteiger partial charge on any atom is -0.356 e. The van der Waals surface area contributed by atoms with E-state index in [4.69, 9.17) is 0 Å². The molecule has 7 heteroatoms. The number of amides is 1. The van der Waals surface area contributed by atoms with E-state index in [0.29, 0.717) is 12.2 Å². The molecule has 118 valence electrons. The molecule has 1 amide bonds. The van der Waals surface area contributed by atoms with Crippen molar-refractivity contribution in [3.63, 3.8) is 0 Å². The van der Waals surface area contributed by atoms with Crippen LogP contribution >= 0.6 is 0 Å². The lowest BCUT2D eigenvalue weighted by molar-refractivity contribution is -0.141. The molecular weight excluding hydrogens is 283 g/mol. The van der Waals surface area contributed by atoms with Crippen molar-refractivity contribution < 1.29 is 18.0 Å². The van der Waals surface area contributed by atoms with E-state index in [9.17, 15) is 18.0 Å². The number of nitrogens with one attached hydrogen (secondary N) is 1. The minimum atomic E-state index is -4.44. The van der Waals surface area contributed by atoms with Crippen LogP contribution in [-0.4, -0.2) is 22.2 Å². The van der Waals surface area contributed by atoms with Gasteiger partial charge in [0.05, 0.1) is 12.5 Å². The van der Waals surface area contributed by atoms with Crippen molar-refractivity contribution in [2.75, 3.05) is 6.54 Å². The molecule has 1 aliphatic rings. The van der Waals surface area contributed by atoms with E-state index in [-0.39, 0.29) is 18.4 Å². The number of rotatable bonds is 6. The van der Waals surface area contributed by atoms with Gasteiger partial charge in [0.15, 0.2) is 5.69 Å². The fourth-order valence-electron chi connectivity index (χ4n) is 2.19.